The highest BCUT2D eigenvalue weighted by molar-refractivity contribution is 5.75. The van der Waals surface area contributed by atoms with Gasteiger partial charge in [-0.1, -0.05) is 0 Å². The van der Waals surface area contributed by atoms with Gasteiger partial charge in [-0.2, -0.15) is 0 Å². The van der Waals surface area contributed by atoms with Crippen molar-refractivity contribution in [1.82, 2.24) is 19.3 Å². The Kier molecular flexibility index (Phi) is 14.4. The van der Waals surface area contributed by atoms with Crippen LogP contribution in [0.3, 0.4) is 0 Å². The molecule has 14 nitrogen and oxygen atoms in total. The van der Waals surface area contributed by atoms with E-state index in [9.17, 15) is 39.8 Å². The van der Waals surface area contributed by atoms with Crippen LogP contribution in [0.25, 0.3) is 0 Å². The lowest BCUT2D eigenvalue weighted by molar-refractivity contribution is -0.169. The first-order chi connectivity index (χ1) is 19.2. The van der Waals surface area contributed by atoms with Crippen LogP contribution in [0.15, 0.2) is 46.2 Å². The minimum Gasteiger partial charge on any atom is -0.503 e. The predicted molar refractivity (Wildman–Crippen MR) is 141 cm³/mol. The second-order valence-corrected chi connectivity index (χ2v) is 8.96. The van der Waals surface area contributed by atoms with Crippen LogP contribution in [0.5, 0.6) is 11.5 Å². The monoisotopic (exact) mass is 566 g/mol. The maximum absolute atomic E-state index is 12.0. The zero-order valence-electron chi connectivity index (χ0n) is 22.4. The summed E-state index contributed by atoms with van der Waals surface area (Å²) in [6.45, 7) is 1.61. The number of rotatable bonds is 19. The van der Waals surface area contributed by atoms with Crippen LogP contribution in [0.1, 0.15) is 38.5 Å². The summed E-state index contributed by atoms with van der Waals surface area (Å²) in [4.78, 5) is 47.4. The molecule has 0 unspecified atom stereocenters. The summed E-state index contributed by atoms with van der Waals surface area (Å²) in [5, 5.41) is 39.8. The smallest absolute Gasteiger partial charge is 0.292 e. The highest BCUT2D eigenvalue weighted by atomic mass is 16.5. The number of unbranched alkanes of at least 4 members (excludes halogenated alkanes) is 1. The van der Waals surface area contributed by atoms with Crippen LogP contribution in [0, 0.1) is 0 Å². The van der Waals surface area contributed by atoms with Gasteiger partial charge in [0.05, 0.1) is 13.2 Å². The van der Waals surface area contributed by atoms with Crippen LogP contribution >= 0.6 is 0 Å². The maximum atomic E-state index is 12.0. The third-order valence-electron chi connectivity index (χ3n) is 5.88. The molecule has 2 rings (SSSR count). The first kappa shape index (κ1) is 32.5. The topological polar surface area (TPSA) is 184 Å². The summed E-state index contributed by atoms with van der Waals surface area (Å²) in [7, 11) is 0. The van der Waals surface area contributed by atoms with E-state index in [0.29, 0.717) is 35.8 Å². The van der Waals surface area contributed by atoms with Crippen molar-refractivity contribution in [2.24, 2.45) is 0 Å². The number of nitrogens with zero attached hydrogens (tertiary/aromatic N) is 4. The number of hydroxylamine groups is 4. The Hall–Kier alpha value is -3.72. The molecule has 222 valence electrons. The quantitative estimate of drug-likeness (QED) is 0.108. The molecular formula is C26H38N4O10. The van der Waals surface area contributed by atoms with Gasteiger partial charge in [-0.25, -0.2) is 10.1 Å². The second kappa shape index (κ2) is 17.8. The average Bonchev–Trinajstić information content (AvgIpc) is 2.94. The lowest BCUT2D eigenvalue weighted by Crippen LogP contribution is -2.31. The molecule has 40 heavy (non-hydrogen) atoms. The van der Waals surface area contributed by atoms with Gasteiger partial charge in [0.25, 0.3) is 11.1 Å². The standard InChI is InChI=1S/C26H38N4O10/c31-21-7-3-11-27(25(21)35)15-19-39-17-5-9-23(33)29(37)13-1-2-14-30(38)24(34)10-6-18-40-20-16-28-12-4-8-22(32)26(28)36/h3-4,7-8,11-12,31-32,37-38H,1-2,5-6,9-10,13-20H2. The van der Waals surface area contributed by atoms with Crippen LogP contribution in [-0.4, -0.2) is 91.2 Å². The molecule has 14 heteroatoms. The zero-order valence-corrected chi connectivity index (χ0v) is 22.4. The highest BCUT2D eigenvalue weighted by Crippen LogP contribution is 2.03. The molecule has 0 fully saturated rings. The second-order valence-electron chi connectivity index (χ2n) is 8.96. The number of carbonyl (C=O) groups is 2. The molecule has 0 spiro atoms. The Morgan fingerprint density at radius 1 is 0.675 bits per heavy atom. The summed E-state index contributed by atoms with van der Waals surface area (Å²) < 4.78 is 13.4. The molecule has 2 aromatic rings. The normalized spacial score (nSPS) is 10.9. The van der Waals surface area contributed by atoms with Crippen molar-refractivity contribution in [3.8, 4) is 11.5 Å². The van der Waals surface area contributed by atoms with Crippen molar-refractivity contribution in [3.05, 3.63) is 57.4 Å². The molecule has 0 aromatic carbocycles. The zero-order chi connectivity index (χ0) is 29.3. The number of amides is 2. The largest absolute Gasteiger partial charge is 0.503 e. The van der Waals surface area contributed by atoms with Crippen molar-refractivity contribution in [3.63, 3.8) is 0 Å². The fourth-order valence-electron chi connectivity index (χ4n) is 3.61. The van der Waals surface area contributed by atoms with Gasteiger partial charge in [0.2, 0.25) is 11.8 Å². The number of aromatic hydroxyl groups is 2. The van der Waals surface area contributed by atoms with Gasteiger partial charge in [0.1, 0.15) is 0 Å². The van der Waals surface area contributed by atoms with E-state index in [4.69, 9.17) is 9.47 Å². The maximum Gasteiger partial charge on any atom is 0.292 e. The first-order valence-corrected chi connectivity index (χ1v) is 13.1. The van der Waals surface area contributed by atoms with Crippen LogP contribution < -0.4 is 11.1 Å². The van der Waals surface area contributed by atoms with Gasteiger partial charge >= 0.3 is 0 Å². The predicted octanol–water partition coefficient (Wildman–Crippen LogP) is 0.931. The number of aromatic nitrogens is 2. The number of hydrogen-bond acceptors (Lipinski definition) is 10. The molecular weight excluding hydrogens is 528 g/mol. The van der Waals surface area contributed by atoms with Crippen molar-refractivity contribution >= 4 is 11.8 Å². The third-order valence-corrected chi connectivity index (χ3v) is 5.88. The molecule has 4 N–H and O–H groups in total. The van der Waals surface area contributed by atoms with Crippen LogP contribution in [0.2, 0.25) is 0 Å². The highest BCUT2D eigenvalue weighted by Gasteiger charge is 2.13. The molecule has 0 aliphatic rings. The van der Waals surface area contributed by atoms with Crippen molar-refractivity contribution in [2.75, 3.05) is 39.5 Å². The third kappa shape index (κ3) is 11.6. The van der Waals surface area contributed by atoms with Gasteiger partial charge in [-0.05, 0) is 49.9 Å². The lowest BCUT2D eigenvalue weighted by atomic mass is 10.2. The Labute approximate surface area is 231 Å². The molecule has 0 saturated carbocycles. The number of hydrogen-bond donors (Lipinski definition) is 4. The van der Waals surface area contributed by atoms with Crippen molar-refractivity contribution in [1.29, 1.82) is 0 Å². The lowest BCUT2D eigenvalue weighted by Gasteiger charge is -2.17. The van der Waals surface area contributed by atoms with E-state index in [1.165, 1.54) is 33.7 Å². The van der Waals surface area contributed by atoms with E-state index in [1.54, 1.807) is 12.1 Å². The molecule has 0 bridgehead atoms. The van der Waals surface area contributed by atoms with Gasteiger partial charge < -0.3 is 28.8 Å². The van der Waals surface area contributed by atoms with Gasteiger partial charge in [0, 0.05) is 64.6 Å². The fourth-order valence-corrected chi connectivity index (χ4v) is 3.61. The SMILES string of the molecule is O=C(CCCOCCn1cccc(O)c1=O)N(O)CCCCN(O)C(=O)CCCOCCn1cccc(O)c1=O. The van der Waals surface area contributed by atoms with Crippen molar-refractivity contribution in [2.45, 2.75) is 51.6 Å². The Morgan fingerprint density at radius 2 is 1.07 bits per heavy atom. The molecule has 0 aliphatic heterocycles. The van der Waals surface area contributed by atoms with E-state index < -0.39 is 22.9 Å². The molecule has 2 amide bonds. The Bertz CT molecular complexity index is 1090. The molecule has 0 atom stereocenters. The van der Waals surface area contributed by atoms with E-state index in [-0.39, 0.29) is 76.9 Å². The summed E-state index contributed by atoms with van der Waals surface area (Å²) in [5.74, 6) is -1.62. The van der Waals surface area contributed by atoms with Gasteiger partial charge in [-0.15, -0.1) is 0 Å². The molecule has 0 radical (unpaired) electrons. The Morgan fingerprint density at radius 3 is 1.48 bits per heavy atom. The van der Waals surface area contributed by atoms with Crippen LogP contribution in [0.4, 0.5) is 0 Å². The van der Waals surface area contributed by atoms with E-state index in [2.05, 4.69) is 0 Å². The van der Waals surface area contributed by atoms with Gasteiger partial charge in [-0.3, -0.25) is 29.6 Å². The average molecular weight is 567 g/mol. The first-order valence-electron chi connectivity index (χ1n) is 13.1. The van der Waals surface area contributed by atoms with Crippen molar-refractivity contribution < 1.29 is 39.7 Å². The summed E-state index contributed by atoms with van der Waals surface area (Å²) >= 11 is 0. The number of ether oxygens (including phenoxy) is 2. The summed E-state index contributed by atoms with van der Waals surface area (Å²) in [6, 6.07) is 5.71. The number of pyridine rings is 2. The van der Waals surface area contributed by atoms with Crippen LogP contribution in [-0.2, 0) is 32.2 Å². The molecule has 2 aromatic heterocycles. The number of carbonyl (C=O) groups excluding carboxylic acids is 2. The Balaban J connectivity index is 1.46. The summed E-state index contributed by atoms with van der Waals surface area (Å²) in [5.41, 5.74) is -1.01. The van der Waals surface area contributed by atoms with E-state index >= 15 is 0 Å². The molecule has 0 aliphatic carbocycles. The molecule has 2 heterocycles. The minimum absolute atomic E-state index is 0.0538. The summed E-state index contributed by atoms with van der Waals surface area (Å²) in [6.07, 6.45) is 4.71. The van der Waals surface area contributed by atoms with Gasteiger partial charge in [0.15, 0.2) is 11.5 Å². The van der Waals surface area contributed by atoms with E-state index in [1.807, 2.05) is 0 Å². The fraction of sp³-hybridized carbons (Fsp3) is 0.538. The van der Waals surface area contributed by atoms with E-state index in [0.717, 1.165) is 0 Å². The minimum atomic E-state index is -0.505. The molecule has 0 saturated heterocycles.